The fourth-order valence-corrected chi connectivity index (χ4v) is 2.42. The molecule has 2 aromatic heterocycles. The highest BCUT2D eigenvalue weighted by molar-refractivity contribution is 5.80. The van der Waals surface area contributed by atoms with Crippen LogP contribution < -0.4 is 10.1 Å². The number of imidazole rings is 1. The lowest BCUT2D eigenvalue weighted by Crippen LogP contribution is -2.37. The van der Waals surface area contributed by atoms with Crippen molar-refractivity contribution in [3.05, 3.63) is 67.1 Å². The number of ether oxygens (including phenoxy) is 1. The van der Waals surface area contributed by atoms with E-state index in [1.54, 1.807) is 19.3 Å². The SMILES string of the molecule is CC(Oc1ccccc1)C(=O)NCCn1ccnc1-c1ccccn1. The molecule has 1 aromatic carbocycles. The molecule has 0 fully saturated rings. The lowest BCUT2D eigenvalue weighted by atomic mass is 10.3. The van der Waals surface area contributed by atoms with Crippen LogP contribution in [0.25, 0.3) is 11.5 Å². The molecule has 1 N–H and O–H groups in total. The molecule has 25 heavy (non-hydrogen) atoms. The van der Waals surface area contributed by atoms with Crippen LogP contribution in [0.5, 0.6) is 5.75 Å². The number of hydrogen-bond donors (Lipinski definition) is 1. The van der Waals surface area contributed by atoms with Gasteiger partial charge in [-0.05, 0) is 31.2 Å². The van der Waals surface area contributed by atoms with Gasteiger partial charge in [-0.3, -0.25) is 9.78 Å². The number of rotatable bonds is 7. The largest absolute Gasteiger partial charge is 0.481 e. The first-order chi connectivity index (χ1) is 12.2. The molecule has 0 saturated heterocycles. The minimum atomic E-state index is -0.555. The molecule has 0 aliphatic carbocycles. The molecule has 0 saturated carbocycles. The Morgan fingerprint density at radius 1 is 1.12 bits per heavy atom. The van der Waals surface area contributed by atoms with Gasteiger partial charge in [0.25, 0.3) is 5.91 Å². The topological polar surface area (TPSA) is 69.0 Å². The summed E-state index contributed by atoms with van der Waals surface area (Å²) in [5.74, 6) is 1.31. The van der Waals surface area contributed by atoms with Gasteiger partial charge in [-0.1, -0.05) is 24.3 Å². The normalized spacial score (nSPS) is 11.7. The number of nitrogens with one attached hydrogen (secondary N) is 1. The van der Waals surface area contributed by atoms with Gasteiger partial charge in [0.15, 0.2) is 11.9 Å². The van der Waals surface area contributed by atoms with Gasteiger partial charge in [0.2, 0.25) is 0 Å². The van der Waals surface area contributed by atoms with E-state index in [1.165, 1.54) is 0 Å². The Hall–Kier alpha value is -3.15. The molecule has 3 rings (SSSR count). The number of pyridine rings is 1. The molecule has 6 heteroatoms. The number of nitrogens with zero attached hydrogens (tertiary/aromatic N) is 3. The second-order valence-corrected chi connectivity index (χ2v) is 5.52. The second-order valence-electron chi connectivity index (χ2n) is 5.52. The molecule has 0 bridgehead atoms. The summed E-state index contributed by atoms with van der Waals surface area (Å²) < 4.78 is 7.58. The van der Waals surface area contributed by atoms with E-state index in [0.29, 0.717) is 18.8 Å². The van der Waals surface area contributed by atoms with Gasteiger partial charge in [-0.25, -0.2) is 4.98 Å². The third kappa shape index (κ3) is 4.44. The van der Waals surface area contributed by atoms with Crippen LogP contribution in [0.2, 0.25) is 0 Å². The van der Waals surface area contributed by atoms with E-state index in [4.69, 9.17) is 4.74 Å². The van der Waals surface area contributed by atoms with Crippen molar-refractivity contribution >= 4 is 5.91 Å². The Bertz CT molecular complexity index is 803. The van der Waals surface area contributed by atoms with Crippen molar-refractivity contribution in [2.24, 2.45) is 0 Å². The number of carbonyl (C=O) groups excluding carboxylic acids is 1. The maximum Gasteiger partial charge on any atom is 0.260 e. The Balaban J connectivity index is 1.52. The van der Waals surface area contributed by atoms with Crippen LogP contribution in [0, 0.1) is 0 Å². The highest BCUT2D eigenvalue weighted by Gasteiger charge is 2.14. The first kappa shape index (κ1) is 16.7. The van der Waals surface area contributed by atoms with Gasteiger partial charge in [-0.15, -0.1) is 0 Å². The van der Waals surface area contributed by atoms with Crippen molar-refractivity contribution in [2.45, 2.75) is 19.6 Å². The van der Waals surface area contributed by atoms with Crippen LogP contribution in [0.15, 0.2) is 67.1 Å². The van der Waals surface area contributed by atoms with E-state index < -0.39 is 6.10 Å². The van der Waals surface area contributed by atoms with E-state index in [-0.39, 0.29) is 5.91 Å². The molecule has 6 nitrogen and oxygen atoms in total. The van der Waals surface area contributed by atoms with Gasteiger partial charge >= 0.3 is 0 Å². The van der Waals surface area contributed by atoms with E-state index in [9.17, 15) is 4.79 Å². The third-order valence-electron chi connectivity index (χ3n) is 3.69. The van der Waals surface area contributed by atoms with Gasteiger partial charge in [0.05, 0.1) is 0 Å². The number of amides is 1. The standard InChI is InChI=1S/C19H20N4O2/c1-15(25-16-7-3-2-4-8-16)19(24)22-12-14-23-13-11-21-18(23)17-9-5-6-10-20-17/h2-11,13,15H,12,14H2,1H3,(H,22,24). The van der Waals surface area contributed by atoms with Crippen molar-refractivity contribution in [1.29, 1.82) is 0 Å². The van der Waals surface area contributed by atoms with Gasteiger partial charge in [0.1, 0.15) is 11.4 Å². The van der Waals surface area contributed by atoms with Gasteiger partial charge in [-0.2, -0.15) is 0 Å². The molecule has 1 unspecified atom stereocenters. The Morgan fingerprint density at radius 3 is 2.68 bits per heavy atom. The molecular formula is C19H20N4O2. The monoisotopic (exact) mass is 336 g/mol. The molecule has 1 atom stereocenters. The molecule has 0 aliphatic rings. The number of para-hydroxylation sites is 1. The van der Waals surface area contributed by atoms with E-state index in [0.717, 1.165) is 11.5 Å². The zero-order chi connectivity index (χ0) is 17.5. The summed E-state index contributed by atoms with van der Waals surface area (Å²) in [4.78, 5) is 20.8. The van der Waals surface area contributed by atoms with E-state index in [1.807, 2.05) is 59.3 Å². The average Bonchev–Trinajstić information content (AvgIpc) is 3.11. The lowest BCUT2D eigenvalue weighted by Gasteiger charge is -2.15. The van der Waals surface area contributed by atoms with Crippen LogP contribution in [0.4, 0.5) is 0 Å². The van der Waals surface area contributed by atoms with Gasteiger partial charge < -0.3 is 14.6 Å². The van der Waals surface area contributed by atoms with Crippen LogP contribution in [0.1, 0.15) is 6.92 Å². The summed E-state index contributed by atoms with van der Waals surface area (Å²) in [6.07, 6.45) is 4.78. The van der Waals surface area contributed by atoms with Gasteiger partial charge in [0, 0.05) is 31.7 Å². The molecule has 2 heterocycles. The minimum absolute atomic E-state index is 0.150. The zero-order valence-electron chi connectivity index (χ0n) is 14.0. The van der Waals surface area contributed by atoms with Crippen LogP contribution >= 0.6 is 0 Å². The number of benzene rings is 1. The van der Waals surface area contributed by atoms with Crippen LogP contribution in [-0.2, 0) is 11.3 Å². The first-order valence-corrected chi connectivity index (χ1v) is 8.16. The van der Waals surface area contributed by atoms with Crippen LogP contribution in [-0.4, -0.2) is 33.1 Å². The van der Waals surface area contributed by atoms with Crippen molar-refractivity contribution in [3.8, 4) is 17.3 Å². The van der Waals surface area contributed by atoms with E-state index in [2.05, 4.69) is 15.3 Å². The van der Waals surface area contributed by atoms with Crippen molar-refractivity contribution in [3.63, 3.8) is 0 Å². The summed E-state index contributed by atoms with van der Waals surface area (Å²) in [5, 5.41) is 2.89. The zero-order valence-corrected chi connectivity index (χ0v) is 14.0. The highest BCUT2D eigenvalue weighted by atomic mass is 16.5. The summed E-state index contributed by atoms with van der Waals surface area (Å²) in [6.45, 7) is 2.83. The average molecular weight is 336 g/mol. The summed E-state index contributed by atoms with van der Waals surface area (Å²) >= 11 is 0. The Labute approximate surface area is 146 Å². The second kappa shape index (κ2) is 8.10. The Kier molecular flexibility index (Phi) is 5.41. The number of carbonyl (C=O) groups is 1. The first-order valence-electron chi connectivity index (χ1n) is 8.16. The maximum absolute atomic E-state index is 12.2. The van der Waals surface area contributed by atoms with Crippen molar-refractivity contribution in [2.75, 3.05) is 6.54 Å². The lowest BCUT2D eigenvalue weighted by molar-refractivity contribution is -0.127. The fourth-order valence-electron chi connectivity index (χ4n) is 2.42. The third-order valence-corrected chi connectivity index (χ3v) is 3.69. The van der Waals surface area contributed by atoms with Crippen molar-refractivity contribution < 1.29 is 9.53 Å². The number of aromatic nitrogens is 3. The predicted molar refractivity (Wildman–Crippen MR) is 95.0 cm³/mol. The van der Waals surface area contributed by atoms with E-state index >= 15 is 0 Å². The molecular weight excluding hydrogens is 316 g/mol. The summed E-state index contributed by atoms with van der Waals surface area (Å²) in [5.41, 5.74) is 0.805. The highest BCUT2D eigenvalue weighted by Crippen LogP contribution is 2.13. The molecule has 1 amide bonds. The molecule has 3 aromatic rings. The summed E-state index contributed by atoms with van der Waals surface area (Å²) in [6, 6.07) is 15.0. The molecule has 128 valence electrons. The minimum Gasteiger partial charge on any atom is -0.481 e. The maximum atomic E-state index is 12.2. The van der Waals surface area contributed by atoms with Crippen LogP contribution in [0.3, 0.4) is 0 Å². The van der Waals surface area contributed by atoms with Crippen molar-refractivity contribution in [1.82, 2.24) is 19.9 Å². The smallest absolute Gasteiger partial charge is 0.260 e. The molecule has 0 spiro atoms. The number of hydrogen-bond acceptors (Lipinski definition) is 4. The molecule has 0 radical (unpaired) electrons. The summed E-state index contributed by atoms with van der Waals surface area (Å²) in [7, 11) is 0. The predicted octanol–water partition coefficient (Wildman–Crippen LogP) is 2.53. The fraction of sp³-hybridized carbons (Fsp3) is 0.211. The molecule has 0 aliphatic heterocycles. The quantitative estimate of drug-likeness (QED) is 0.720. The Morgan fingerprint density at radius 2 is 1.92 bits per heavy atom.